The molecule has 1 aliphatic rings. The van der Waals surface area contributed by atoms with Crippen LogP contribution in [0.5, 0.6) is 0 Å². The minimum Gasteiger partial charge on any atom is -0.393 e. The number of nitrogens with zero attached hydrogens (tertiary/aromatic N) is 3. The molecule has 0 spiro atoms. The van der Waals surface area contributed by atoms with Gasteiger partial charge in [0.1, 0.15) is 10.0 Å². The van der Waals surface area contributed by atoms with E-state index in [1.807, 2.05) is 0 Å². The second-order valence-corrected chi connectivity index (χ2v) is 7.57. The maximum atomic E-state index is 12.7. The summed E-state index contributed by atoms with van der Waals surface area (Å²) in [6, 6.07) is 0. The summed E-state index contributed by atoms with van der Waals surface area (Å²) in [4.78, 5) is 0.0768. The standard InChI is InChI=1S/C12H20ClN3O3S/c1-8-11(12(13)15(3)14-8)20(18,19)16-6-4-5-10(7-16)9(2)17/h9-10,17H,4-7H2,1-3H3. The number of rotatable bonds is 3. The van der Waals surface area contributed by atoms with Crippen molar-refractivity contribution in [1.82, 2.24) is 14.1 Å². The van der Waals surface area contributed by atoms with Crippen molar-refractivity contribution in [2.75, 3.05) is 13.1 Å². The van der Waals surface area contributed by atoms with Gasteiger partial charge in [-0.05, 0) is 32.6 Å². The third kappa shape index (κ3) is 2.72. The van der Waals surface area contributed by atoms with E-state index in [2.05, 4.69) is 5.10 Å². The summed E-state index contributed by atoms with van der Waals surface area (Å²) in [5.74, 6) is -0.0331. The summed E-state index contributed by atoms with van der Waals surface area (Å²) >= 11 is 6.06. The van der Waals surface area contributed by atoms with Crippen molar-refractivity contribution in [3.05, 3.63) is 10.8 Å². The summed E-state index contributed by atoms with van der Waals surface area (Å²) < 4.78 is 28.2. The van der Waals surface area contributed by atoms with Gasteiger partial charge in [0.25, 0.3) is 0 Å². The van der Waals surface area contributed by atoms with Crippen LogP contribution in [0.1, 0.15) is 25.5 Å². The highest BCUT2D eigenvalue weighted by atomic mass is 35.5. The van der Waals surface area contributed by atoms with Crippen LogP contribution in [-0.4, -0.2) is 46.8 Å². The van der Waals surface area contributed by atoms with Gasteiger partial charge in [-0.1, -0.05) is 11.6 Å². The number of hydrogen-bond donors (Lipinski definition) is 1. The minimum absolute atomic E-state index is 0.0331. The van der Waals surface area contributed by atoms with Gasteiger partial charge >= 0.3 is 0 Å². The molecule has 0 bridgehead atoms. The summed E-state index contributed by atoms with van der Waals surface area (Å²) in [6.07, 6.45) is 1.06. The second-order valence-electron chi connectivity index (χ2n) is 5.33. The first-order valence-electron chi connectivity index (χ1n) is 6.62. The summed E-state index contributed by atoms with van der Waals surface area (Å²) in [6.45, 7) is 4.11. The quantitative estimate of drug-likeness (QED) is 0.906. The van der Waals surface area contributed by atoms with Gasteiger partial charge in [0.15, 0.2) is 0 Å². The van der Waals surface area contributed by atoms with E-state index in [-0.39, 0.29) is 16.0 Å². The molecule has 1 fully saturated rings. The van der Waals surface area contributed by atoms with E-state index < -0.39 is 16.1 Å². The molecule has 1 N–H and O–H groups in total. The van der Waals surface area contributed by atoms with Gasteiger partial charge in [0.2, 0.25) is 10.0 Å². The molecular weight excluding hydrogens is 302 g/mol. The smallest absolute Gasteiger partial charge is 0.248 e. The molecule has 2 unspecified atom stereocenters. The molecule has 0 aromatic carbocycles. The van der Waals surface area contributed by atoms with Gasteiger partial charge in [-0.15, -0.1) is 0 Å². The zero-order valence-corrected chi connectivity index (χ0v) is 13.4. The molecule has 1 aromatic rings. The Hall–Kier alpha value is -0.630. The van der Waals surface area contributed by atoms with E-state index in [9.17, 15) is 13.5 Å². The Bertz CT molecular complexity index is 597. The van der Waals surface area contributed by atoms with Crippen molar-refractivity contribution < 1.29 is 13.5 Å². The Morgan fingerprint density at radius 2 is 2.15 bits per heavy atom. The molecule has 0 saturated carbocycles. The van der Waals surface area contributed by atoms with Crippen molar-refractivity contribution in [3.63, 3.8) is 0 Å². The Morgan fingerprint density at radius 1 is 1.50 bits per heavy atom. The highest BCUT2D eigenvalue weighted by Crippen LogP contribution is 2.30. The van der Waals surface area contributed by atoms with E-state index >= 15 is 0 Å². The van der Waals surface area contributed by atoms with Crippen molar-refractivity contribution in [1.29, 1.82) is 0 Å². The zero-order valence-electron chi connectivity index (χ0n) is 11.9. The van der Waals surface area contributed by atoms with Crippen LogP contribution in [0.4, 0.5) is 0 Å². The molecule has 20 heavy (non-hydrogen) atoms. The first kappa shape index (κ1) is 15.8. The molecule has 0 amide bonds. The maximum Gasteiger partial charge on any atom is 0.248 e. The van der Waals surface area contributed by atoms with E-state index in [1.165, 1.54) is 8.99 Å². The highest BCUT2D eigenvalue weighted by molar-refractivity contribution is 7.89. The average molecular weight is 322 g/mol. The van der Waals surface area contributed by atoms with Crippen molar-refractivity contribution in [2.24, 2.45) is 13.0 Å². The van der Waals surface area contributed by atoms with Crippen molar-refractivity contribution >= 4 is 21.6 Å². The van der Waals surface area contributed by atoms with Gasteiger partial charge in [-0.2, -0.15) is 9.40 Å². The molecule has 6 nitrogen and oxygen atoms in total. The van der Waals surface area contributed by atoms with Crippen LogP contribution in [0.15, 0.2) is 4.90 Å². The van der Waals surface area contributed by atoms with Crippen LogP contribution in [0.3, 0.4) is 0 Å². The number of sulfonamides is 1. The monoisotopic (exact) mass is 321 g/mol. The number of aliphatic hydroxyl groups excluding tert-OH is 1. The summed E-state index contributed by atoms with van der Waals surface area (Å²) in [7, 11) is -2.05. The predicted octanol–water partition coefficient (Wildman–Crippen LogP) is 1.16. The summed E-state index contributed by atoms with van der Waals surface area (Å²) in [5, 5.41) is 13.9. The fraction of sp³-hybridized carbons (Fsp3) is 0.750. The van der Waals surface area contributed by atoms with Crippen LogP contribution in [0.2, 0.25) is 5.15 Å². The van der Waals surface area contributed by atoms with Gasteiger partial charge in [-0.3, -0.25) is 4.68 Å². The number of hydrogen-bond acceptors (Lipinski definition) is 4. The number of halogens is 1. The molecule has 2 rings (SSSR count). The number of piperidine rings is 1. The van der Waals surface area contributed by atoms with Crippen molar-refractivity contribution in [2.45, 2.75) is 37.7 Å². The Morgan fingerprint density at radius 3 is 2.65 bits per heavy atom. The van der Waals surface area contributed by atoms with Gasteiger partial charge in [0.05, 0.1) is 11.8 Å². The van der Waals surface area contributed by atoms with Gasteiger partial charge < -0.3 is 5.11 Å². The van der Waals surface area contributed by atoms with E-state index in [0.29, 0.717) is 18.8 Å². The van der Waals surface area contributed by atoms with Crippen LogP contribution < -0.4 is 0 Å². The topological polar surface area (TPSA) is 75.4 Å². The SMILES string of the molecule is Cc1nn(C)c(Cl)c1S(=O)(=O)N1CCCC(C(C)O)C1. The third-order valence-corrected chi connectivity index (χ3v) is 6.36. The third-order valence-electron chi connectivity index (χ3n) is 3.80. The zero-order chi connectivity index (χ0) is 15.1. The molecule has 114 valence electrons. The van der Waals surface area contributed by atoms with Crippen LogP contribution >= 0.6 is 11.6 Å². The fourth-order valence-electron chi connectivity index (χ4n) is 2.62. The molecular formula is C12H20ClN3O3S. The van der Waals surface area contributed by atoms with E-state index in [4.69, 9.17) is 11.6 Å². The lowest BCUT2D eigenvalue weighted by Crippen LogP contribution is -2.43. The molecule has 2 atom stereocenters. The normalized spacial score (nSPS) is 22.9. The van der Waals surface area contributed by atoms with Gasteiger partial charge in [0, 0.05) is 20.1 Å². The minimum atomic E-state index is -3.66. The predicted molar refractivity (Wildman–Crippen MR) is 76.1 cm³/mol. The summed E-state index contributed by atoms with van der Waals surface area (Å²) in [5.41, 5.74) is 0.400. The fourth-order valence-corrected chi connectivity index (χ4v) is 4.86. The largest absolute Gasteiger partial charge is 0.393 e. The van der Waals surface area contributed by atoms with Gasteiger partial charge in [-0.25, -0.2) is 8.42 Å². The van der Waals surface area contributed by atoms with E-state index in [0.717, 1.165) is 12.8 Å². The second kappa shape index (κ2) is 5.63. The average Bonchev–Trinajstić information content (AvgIpc) is 2.63. The van der Waals surface area contributed by atoms with Crippen LogP contribution in [0, 0.1) is 12.8 Å². The first-order chi connectivity index (χ1) is 9.25. The van der Waals surface area contributed by atoms with Crippen LogP contribution in [0.25, 0.3) is 0 Å². The van der Waals surface area contributed by atoms with Crippen LogP contribution in [-0.2, 0) is 17.1 Å². The molecule has 0 aliphatic carbocycles. The molecule has 1 saturated heterocycles. The Labute approximate surface area is 124 Å². The number of aliphatic hydroxyl groups is 1. The molecule has 1 aliphatic heterocycles. The Kier molecular flexibility index (Phi) is 4.44. The lowest BCUT2D eigenvalue weighted by molar-refractivity contribution is 0.0885. The molecule has 1 aromatic heterocycles. The Balaban J connectivity index is 2.35. The van der Waals surface area contributed by atoms with Crippen molar-refractivity contribution in [3.8, 4) is 0 Å². The molecule has 0 radical (unpaired) electrons. The lowest BCUT2D eigenvalue weighted by Gasteiger charge is -2.33. The van der Waals surface area contributed by atoms with E-state index in [1.54, 1.807) is 20.9 Å². The number of aryl methyl sites for hydroxylation is 2. The molecule has 8 heteroatoms. The highest BCUT2D eigenvalue weighted by Gasteiger charge is 2.35. The first-order valence-corrected chi connectivity index (χ1v) is 8.44. The maximum absolute atomic E-state index is 12.7. The number of aromatic nitrogens is 2. The molecule has 2 heterocycles. The lowest BCUT2D eigenvalue weighted by atomic mass is 9.95.